The fourth-order valence-electron chi connectivity index (χ4n) is 3.28. The van der Waals surface area contributed by atoms with E-state index >= 15 is 0 Å². The molecule has 2 aromatic rings. The maximum atomic E-state index is 2.55. The molecular weight excluding hydrogens is 560 g/mol. The molecule has 0 spiro atoms. The van der Waals surface area contributed by atoms with Gasteiger partial charge in [-0.2, -0.15) is 0 Å². The average molecular weight is 597 g/mol. The van der Waals surface area contributed by atoms with Crippen LogP contribution in [0.4, 0.5) is 11.4 Å². The van der Waals surface area contributed by atoms with Crippen LogP contribution in [0.1, 0.15) is 27.2 Å². The van der Waals surface area contributed by atoms with Gasteiger partial charge in [-0.05, 0) is 0 Å². The van der Waals surface area contributed by atoms with E-state index in [4.69, 9.17) is 0 Å². The molecule has 1 aliphatic rings. The van der Waals surface area contributed by atoms with Crippen molar-refractivity contribution in [3.63, 3.8) is 0 Å². The minimum absolute atomic E-state index is 1.09. The van der Waals surface area contributed by atoms with Crippen molar-refractivity contribution in [2.24, 2.45) is 0 Å². The summed E-state index contributed by atoms with van der Waals surface area (Å²) in [6.07, 6.45) is 1.17. The summed E-state index contributed by atoms with van der Waals surface area (Å²) < 4.78 is 3.26. The molecule has 27 heavy (non-hydrogen) atoms. The van der Waals surface area contributed by atoms with Crippen molar-refractivity contribution in [2.45, 2.75) is 66.6 Å². The summed E-state index contributed by atoms with van der Waals surface area (Å²) in [5, 5.41) is 0. The van der Waals surface area contributed by atoms with E-state index in [2.05, 4.69) is 77.9 Å². The standard InChI is InChI=1S/C15H13NS.C2H6.6CH3.2Sn/c1-2-11-16-12-7-3-5-9-14(12)17-15-10-6-4-8-13(15)16;1-2;;;;;;;;/h3-4,7-10H,2,11H2,1H3;1-2H3;6*1H3;;. The van der Waals surface area contributed by atoms with Gasteiger partial charge in [-0.3, -0.25) is 0 Å². The number of hydrogen-bond donors (Lipinski definition) is 0. The molecular formula is C23H37NSSn2. The van der Waals surface area contributed by atoms with E-state index in [1.165, 1.54) is 27.6 Å². The Labute approximate surface area is 180 Å². The van der Waals surface area contributed by atoms with Crippen molar-refractivity contribution < 1.29 is 0 Å². The average Bonchev–Trinajstić information content (AvgIpc) is 2.61. The van der Waals surface area contributed by atoms with E-state index in [0.717, 1.165) is 6.54 Å². The molecule has 0 bridgehead atoms. The zero-order chi connectivity index (χ0) is 20.4. The Morgan fingerprint density at radius 2 is 1.15 bits per heavy atom. The molecule has 2 aromatic carbocycles. The van der Waals surface area contributed by atoms with Crippen molar-refractivity contribution in [3.05, 3.63) is 36.4 Å². The zero-order valence-corrected chi connectivity index (χ0v) is 25.3. The number of fused-ring (bicyclic) bond motifs is 2. The van der Waals surface area contributed by atoms with E-state index < -0.39 is 36.8 Å². The van der Waals surface area contributed by atoms with Crippen molar-refractivity contribution in [1.29, 1.82) is 0 Å². The Kier molecular flexibility index (Phi) is 8.11. The zero-order valence-electron chi connectivity index (χ0n) is 18.7. The molecule has 0 N–H and O–H groups in total. The van der Waals surface area contributed by atoms with Gasteiger partial charge >= 0.3 is 168 Å². The van der Waals surface area contributed by atoms with Gasteiger partial charge in [0.05, 0.1) is 0 Å². The summed E-state index contributed by atoms with van der Waals surface area (Å²) >= 11 is -2.09. The molecule has 0 unspecified atom stereocenters. The fraction of sp³-hybridized carbons (Fsp3) is 0.478. The molecule has 148 valence electrons. The van der Waals surface area contributed by atoms with E-state index in [-0.39, 0.29) is 0 Å². The summed E-state index contributed by atoms with van der Waals surface area (Å²) in [6, 6.07) is 14.6. The molecule has 0 amide bonds. The minimum atomic E-state index is -2.04. The van der Waals surface area contributed by atoms with Crippen LogP contribution in [0.3, 0.4) is 0 Å². The molecule has 4 heteroatoms. The first-order chi connectivity index (χ1) is 12.6. The summed E-state index contributed by atoms with van der Waals surface area (Å²) in [5.41, 5.74) is 2.82. The van der Waals surface area contributed by atoms with Crippen molar-refractivity contribution in [1.82, 2.24) is 0 Å². The Bertz CT molecular complexity index is 724. The molecule has 0 aromatic heterocycles. The fourth-order valence-corrected chi connectivity index (χ4v) is 11.7. The number of hydrogen-bond acceptors (Lipinski definition) is 2. The van der Waals surface area contributed by atoms with Crippen LogP contribution < -0.4 is 12.1 Å². The molecule has 1 heterocycles. The first-order valence-electron chi connectivity index (χ1n) is 10.4. The van der Waals surface area contributed by atoms with Gasteiger partial charge in [0.15, 0.2) is 0 Å². The van der Waals surface area contributed by atoms with Crippen LogP contribution >= 0.6 is 11.8 Å². The number of benzene rings is 2. The van der Waals surface area contributed by atoms with Gasteiger partial charge in [-0.25, -0.2) is 0 Å². The molecule has 0 atom stereocenters. The van der Waals surface area contributed by atoms with Crippen LogP contribution in [-0.2, 0) is 0 Å². The Morgan fingerprint density at radius 1 is 0.741 bits per heavy atom. The third-order valence-corrected chi connectivity index (χ3v) is 17.7. The van der Waals surface area contributed by atoms with Crippen molar-refractivity contribution in [2.75, 3.05) is 11.4 Å². The van der Waals surface area contributed by atoms with Crippen LogP contribution in [0.15, 0.2) is 46.2 Å². The second-order valence-corrected chi connectivity index (χ2v) is 39.2. The maximum absolute atomic E-state index is 2.55. The van der Waals surface area contributed by atoms with E-state index in [0.29, 0.717) is 0 Å². The molecule has 0 saturated carbocycles. The van der Waals surface area contributed by atoms with Gasteiger partial charge in [-0.15, -0.1) is 0 Å². The molecule has 0 saturated heterocycles. The van der Waals surface area contributed by atoms with Gasteiger partial charge < -0.3 is 0 Å². The molecule has 0 fully saturated rings. The quantitative estimate of drug-likeness (QED) is 0.357. The van der Waals surface area contributed by atoms with Crippen molar-refractivity contribution in [3.8, 4) is 0 Å². The van der Waals surface area contributed by atoms with E-state index in [1.54, 1.807) is 7.16 Å². The van der Waals surface area contributed by atoms with Crippen LogP contribution in [0.25, 0.3) is 0 Å². The second kappa shape index (κ2) is 9.33. The van der Waals surface area contributed by atoms with Gasteiger partial charge in [0, 0.05) is 0 Å². The number of nitrogens with zero attached hydrogens (tertiary/aromatic N) is 1. The summed E-state index contributed by atoms with van der Waals surface area (Å²) in [6.45, 7) is 7.37. The topological polar surface area (TPSA) is 3.24 Å². The summed E-state index contributed by atoms with van der Waals surface area (Å²) in [4.78, 5) is 20.5. The Morgan fingerprint density at radius 3 is 1.48 bits per heavy atom. The van der Waals surface area contributed by atoms with Gasteiger partial charge in [0.25, 0.3) is 0 Å². The van der Waals surface area contributed by atoms with E-state index in [1.807, 2.05) is 25.6 Å². The summed E-state index contributed by atoms with van der Waals surface area (Å²) in [5.74, 6) is 0. The van der Waals surface area contributed by atoms with Crippen LogP contribution in [0.5, 0.6) is 0 Å². The first kappa shape index (κ1) is 23.5. The number of rotatable bonds is 4. The normalized spacial score (nSPS) is 13.4. The van der Waals surface area contributed by atoms with Crippen LogP contribution in [0.2, 0.25) is 29.6 Å². The van der Waals surface area contributed by atoms with Crippen LogP contribution in [-0.4, -0.2) is 43.3 Å². The van der Waals surface area contributed by atoms with Gasteiger partial charge in [-0.1, -0.05) is 13.8 Å². The number of anilines is 2. The molecule has 0 radical (unpaired) electrons. The SMILES string of the molecule is CC.CCCN1c2cc[c]([Sn]([CH3])([CH3])[CH3])cc2Sc2c[c]([Sn]([CH3])([CH3])[CH3])ccc21. The first-order valence-corrected chi connectivity index (χ1v) is 31.2. The van der Waals surface area contributed by atoms with Crippen LogP contribution in [0, 0.1) is 0 Å². The third-order valence-electron chi connectivity index (χ3n) is 4.90. The predicted octanol–water partition coefficient (Wildman–Crippen LogP) is 6.82. The monoisotopic (exact) mass is 599 g/mol. The Balaban J connectivity index is 0.00000126. The second-order valence-electron chi connectivity index (χ2n) is 9.12. The van der Waals surface area contributed by atoms with E-state index in [9.17, 15) is 0 Å². The molecule has 0 aliphatic carbocycles. The third kappa shape index (κ3) is 5.42. The molecule has 3 rings (SSSR count). The summed E-state index contributed by atoms with van der Waals surface area (Å²) in [7, 11) is 0. The Hall–Kier alpha value is 0.187. The van der Waals surface area contributed by atoms with Gasteiger partial charge in [0.1, 0.15) is 0 Å². The van der Waals surface area contributed by atoms with Crippen molar-refractivity contribution >= 4 is 67.0 Å². The van der Waals surface area contributed by atoms with Gasteiger partial charge in [0.2, 0.25) is 0 Å². The molecule has 1 aliphatic heterocycles. The predicted molar refractivity (Wildman–Crippen MR) is 132 cm³/mol. The molecule has 1 nitrogen and oxygen atoms in total.